The van der Waals surface area contributed by atoms with Gasteiger partial charge >= 0.3 is 5.97 Å². The topological polar surface area (TPSA) is 83.6 Å². The zero-order valence-electron chi connectivity index (χ0n) is 14.4. The molecule has 5 nitrogen and oxygen atoms in total. The number of carboxylic acid groups (broad SMARTS) is 1. The first kappa shape index (κ1) is 23.5. The minimum atomic E-state index is -0.977. The van der Waals surface area contributed by atoms with Gasteiger partial charge in [0.15, 0.2) is 0 Å². The zero-order valence-corrected chi connectivity index (χ0v) is 16.0. The van der Waals surface area contributed by atoms with E-state index in [0.29, 0.717) is 0 Å². The van der Waals surface area contributed by atoms with Crippen LogP contribution in [0.3, 0.4) is 0 Å². The van der Waals surface area contributed by atoms with E-state index < -0.39 is 12.0 Å². The number of nitrogens with two attached hydrogens (primary N) is 1. The Morgan fingerprint density at radius 1 is 1.32 bits per heavy atom. The van der Waals surface area contributed by atoms with Crippen molar-refractivity contribution < 1.29 is 14.7 Å². The number of nitrogens with zero attached hydrogens (tertiary/aromatic N) is 1. The van der Waals surface area contributed by atoms with Gasteiger partial charge in [-0.05, 0) is 32.9 Å². The summed E-state index contributed by atoms with van der Waals surface area (Å²) in [6.45, 7) is 9.28. The summed E-state index contributed by atoms with van der Waals surface area (Å²) in [6, 6.07) is -0.936. The summed E-state index contributed by atoms with van der Waals surface area (Å²) in [6.07, 6.45) is 3.53. The van der Waals surface area contributed by atoms with E-state index >= 15 is 0 Å². The first-order valence-corrected chi connectivity index (χ1v) is 8.17. The Balaban J connectivity index is 0. The quantitative estimate of drug-likeness (QED) is 0.687. The van der Waals surface area contributed by atoms with Gasteiger partial charge in [-0.15, -0.1) is 12.4 Å². The van der Waals surface area contributed by atoms with Crippen molar-refractivity contribution in [3.63, 3.8) is 0 Å². The van der Waals surface area contributed by atoms with Crippen molar-refractivity contribution in [3.8, 4) is 0 Å². The highest BCUT2D eigenvalue weighted by Gasteiger charge is 2.35. The number of rotatable bonds is 7. The number of carbonyl (C=O) groups excluding carboxylic acids is 1. The summed E-state index contributed by atoms with van der Waals surface area (Å²) in [4.78, 5) is 25.1. The van der Waals surface area contributed by atoms with Crippen LogP contribution in [0.25, 0.3) is 0 Å². The third-order valence-corrected chi connectivity index (χ3v) is 5.08. The maximum atomic E-state index is 12.6. The van der Waals surface area contributed by atoms with Gasteiger partial charge in [0.1, 0.15) is 0 Å². The highest BCUT2D eigenvalue weighted by Crippen LogP contribution is 2.26. The predicted octanol–water partition coefficient (Wildman–Crippen LogP) is 2.39. The van der Waals surface area contributed by atoms with Gasteiger partial charge in [-0.25, -0.2) is 4.79 Å². The Kier molecular flexibility index (Phi) is 10.1. The van der Waals surface area contributed by atoms with Crippen molar-refractivity contribution in [2.45, 2.75) is 51.4 Å². The number of halogens is 1. The largest absolute Gasteiger partial charge is 0.478 e. The lowest BCUT2D eigenvalue weighted by Crippen LogP contribution is -2.55. The van der Waals surface area contributed by atoms with Crippen LogP contribution >= 0.6 is 24.2 Å². The molecule has 0 saturated heterocycles. The van der Waals surface area contributed by atoms with E-state index in [0.717, 1.165) is 0 Å². The molecule has 3 N–H and O–H groups in total. The highest BCUT2D eigenvalue weighted by molar-refractivity contribution is 8.00. The molecule has 0 aromatic carbocycles. The van der Waals surface area contributed by atoms with Gasteiger partial charge in [0.25, 0.3) is 0 Å². The van der Waals surface area contributed by atoms with Crippen LogP contribution in [0.15, 0.2) is 11.6 Å². The average molecular weight is 353 g/mol. The Bertz CT molecular complexity index is 425. The molecular weight excluding hydrogens is 324 g/mol. The fraction of sp³-hybridized carbons (Fsp3) is 0.733. The summed E-state index contributed by atoms with van der Waals surface area (Å²) in [5, 5.41) is 9.01. The van der Waals surface area contributed by atoms with Crippen LogP contribution in [0.5, 0.6) is 0 Å². The molecule has 0 bridgehead atoms. The van der Waals surface area contributed by atoms with Crippen LogP contribution in [-0.2, 0) is 9.59 Å². The molecule has 0 aromatic heterocycles. The molecule has 130 valence electrons. The molecule has 0 heterocycles. The molecule has 0 saturated carbocycles. The minimum Gasteiger partial charge on any atom is -0.478 e. The van der Waals surface area contributed by atoms with E-state index in [9.17, 15) is 9.59 Å². The molecule has 22 heavy (non-hydrogen) atoms. The maximum Gasteiger partial charge on any atom is 0.331 e. The number of thioether (sulfide) groups is 1. The van der Waals surface area contributed by atoms with Gasteiger partial charge in [0.2, 0.25) is 5.91 Å². The molecule has 0 spiro atoms. The number of carboxylic acids is 1. The van der Waals surface area contributed by atoms with Crippen molar-refractivity contribution in [2.75, 3.05) is 13.3 Å². The second kappa shape index (κ2) is 9.43. The SMILES string of the molecule is CSC(C)(C)[C@H](N)C(=O)N(C)[C@H](C=C(C)C(=O)O)C(C)C.Cl. The van der Waals surface area contributed by atoms with Crippen molar-refractivity contribution >= 4 is 36.0 Å². The van der Waals surface area contributed by atoms with Crippen LogP contribution in [0.4, 0.5) is 0 Å². The molecule has 0 radical (unpaired) electrons. The zero-order chi connectivity index (χ0) is 17.0. The summed E-state index contributed by atoms with van der Waals surface area (Å²) in [5.41, 5.74) is 6.31. The van der Waals surface area contributed by atoms with Gasteiger partial charge in [-0.1, -0.05) is 19.9 Å². The van der Waals surface area contributed by atoms with Crippen LogP contribution in [0, 0.1) is 5.92 Å². The van der Waals surface area contributed by atoms with Crippen LogP contribution < -0.4 is 5.73 Å². The molecule has 0 rings (SSSR count). The standard InChI is InChI=1S/C15H28N2O3S.ClH/c1-9(2)11(8-10(3)14(19)20)17(6)13(18)12(16)15(4,5)21-7;/h8-9,11-12H,16H2,1-7H3,(H,19,20);1H/t11-,12-;/m1./s1. The van der Waals surface area contributed by atoms with Crippen LogP contribution in [-0.4, -0.2) is 52.0 Å². The first-order valence-electron chi connectivity index (χ1n) is 6.94. The molecule has 0 fully saturated rings. The third kappa shape index (κ3) is 6.18. The molecule has 0 aliphatic heterocycles. The molecular formula is C15H29ClN2O3S. The lowest BCUT2D eigenvalue weighted by Gasteiger charge is -2.36. The minimum absolute atomic E-state index is 0. The van der Waals surface area contributed by atoms with Gasteiger partial charge in [-0.2, -0.15) is 11.8 Å². The fourth-order valence-corrected chi connectivity index (χ4v) is 2.22. The van der Waals surface area contributed by atoms with Gasteiger partial charge in [0.05, 0.1) is 12.1 Å². The Labute approximate surface area is 144 Å². The van der Waals surface area contributed by atoms with Crippen LogP contribution in [0.1, 0.15) is 34.6 Å². The summed E-state index contributed by atoms with van der Waals surface area (Å²) < 4.78 is -0.377. The van der Waals surface area contributed by atoms with E-state index in [4.69, 9.17) is 10.8 Å². The second-order valence-electron chi connectivity index (χ2n) is 6.12. The Morgan fingerprint density at radius 3 is 2.09 bits per heavy atom. The van der Waals surface area contributed by atoms with E-state index in [1.807, 2.05) is 34.0 Å². The number of likely N-dealkylation sites (N-methyl/N-ethyl adjacent to an activating group) is 1. The maximum absolute atomic E-state index is 12.6. The van der Waals surface area contributed by atoms with E-state index in [1.54, 1.807) is 18.0 Å². The lowest BCUT2D eigenvalue weighted by atomic mass is 9.97. The predicted molar refractivity (Wildman–Crippen MR) is 95.6 cm³/mol. The molecule has 0 unspecified atom stereocenters. The van der Waals surface area contributed by atoms with E-state index in [-0.39, 0.29) is 40.6 Å². The van der Waals surface area contributed by atoms with Crippen molar-refractivity contribution in [1.29, 1.82) is 0 Å². The smallest absolute Gasteiger partial charge is 0.331 e. The lowest BCUT2D eigenvalue weighted by molar-refractivity contribution is -0.135. The second-order valence-corrected chi connectivity index (χ2v) is 7.58. The third-order valence-electron chi connectivity index (χ3n) is 3.78. The number of hydrogen-bond acceptors (Lipinski definition) is 4. The van der Waals surface area contributed by atoms with Crippen molar-refractivity contribution in [2.24, 2.45) is 11.7 Å². The van der Waals surface area contributed by atoms with Gasteiger partial charge in [0, 0.05) is 17.4 Å². The Hall–Kier alpha value is -0.720. The number of hydrogen-bond donors (Lipinski definition) is 2. The van der Waals surface area contributed by atoms with Crippen LogP contribution in [0.2, 0.25) is 0 Å². The van der Waals surface area contributed by atoms with Gasteiger partial charge in [-0.3, -0.25) is 4.79 Å². The first-order chi connectivity index (χ1) is 9.45. The molecule has 0 aliphatic rings. The molecule has 0 aromatic rings. The molecule has 2 atom stereocenters. The highest BCUT2D eigenvalue weighted by atomic mass is 35.5. The van der Waals surface area contributed by atoms with E-state index in [2.05, 4.69) is 0 Å². The number of carbonyl (C=O) groups is 2. The number of aliphatic carboxylic acids is 1. The van der Waals surface area contributed by atoms with Crippen molar-refractivity contribution in [1.82, 2.24) is 4.90 Å². The summed E-state index contributed by atoms with van der Waals surface area (Å²) in [5.74, 6) is -1.06. The fourth-order valence-electron chi connectivity index (χ4n) is 1.87. The van der Waals surface area contributed by atoms with Crippen molar-refractivity contribution in [3.05, 3.63) is 11.6 Å². The Morgan fingerprint density at radius 2 is 1.77 bits per heavy atom. The number of amides is 1. The summed E-state index contributed by atoms with van der Waals surface area (Å²) in [7, 11) is 1.68. The normalized spacial score (nSPS) is 15.0. The van der Waals surface area contributed by atoms with E-state index in [1.165, 1.54) is 18.7 Å². The molecule has 7 heteroatoms. The molecule has 1 amide bonds. The average Bonchev–Trinajstić information content (AvgIpc) is 2.41. The monoisotopic (exact) mass is 352 g/mol. The van der Waals surface area contributed by atoms with Gasteiger partial charge < -0.3 is 15.7 Å². The molecule has 0 aliphatic carbocycles. The summed E-state index contributed by atoms with van der Waals surface area (Å²) >= 11 is 1.54.